The van der Waals surface area contributed by atoms with Crippen molar-refractivity contribution in [3.63, 3.8) is 0 Å². The summed E-state index contributed by atoms with van der Waals surface area (Å²) in [6, 6.07) is 3.08. The Morgan fingerprint density at radius 3 is 2.73 bits per heavy atom. The molecule has 1 aromatic rings. The number of methoxy groups -OCH3 is 1. The molecule has 0 aliphatic carbocycles. The maximum Gasteiger partial charge on any atom is 0.308 e. The van der Waals surface area contributed by atoms with E-state index >= 15 is 0 Å². The Morgan fingerprint density at radius 1 is 1.27 bits per heavy atom. The number of benzene rings is 1. The third-order valence-electron chi connectivity index (χ3n) is 7.59. The fourth-order valence-corrected chi connectivity index (χ4v) is 5.68. The van der Waals surface area contributed by atoms with Crippen LogP contribution in [0, 0.1) is 5.92 Å². The first-order chi connectivity index (χ1) is 17.9. The van der Waals surface area contributed by atoms with Crippen LogP contribution in [-0.4, -0.2) is 103 Å². The van der Waals surface area contributed by atoms with E-state index in [0.717, 1.165) is 24.8 Å². The van der Waals surface area contributed by atoms with E-state index in [2.05, 4.69) is 6.92 Å². The number of hydrogen-bond donors (Lipinski definition) is 2. The molecule has 3 N–H and O–H groups in total. The zero-order valence-corrected chi connectivity index (χ0v) is 21.7. The molecule has 3 aliphatic rings. The molecule has 3 atom stereocenters. The quantitative estimate of drug-likeness (QED) is 0.417. The summed E-state index contributed by atoms with van der Waals surface area (Å²) in [7, 11) is 1.53. The number of nitrogens with two attached hydrogens (primary N) is 1. The van der Waals surface area contributed by atoms with Gasteiger partial charge < -0.3 is 34.9 Å². The first kappa shape index (κ1) is 27.0. The molecular weight excluding hydrogens is 480 g/mol. The smallest absolute Gasteiger partial charge is 0.308 e. The van der Waals surface area contributed by atoms with E-state index in [-0.39, 0.29) is 31.7 Å². The van der Waals surface area contributed by atoms with Crippen molar-refractivity contribution in [2.24, 2.45) is 11.7 Å². The van der Waals surface area contributed by atoms with Crippen molar-refractivity contribution in [2.45, 2.75) is 44.6 Å². The van der Waals surface area contributed by atoms with Gasteiger partial charge in [0.1, 0.15) is 0 Å². The minimum absolute atomic E-state index is 0.0244. The van der Waals surface area contributed by atoms with Crippen LogP contribution in [-0.2, 0) is 14.4 Å². The predicted molar refractivity (Wildman–Crippen MR) is 135 cm³/mol. The highest BCUT2D eigenvalue weighted by Crippen LogP contribution is 2.47. The summed E-state index contributed by atoms with van der Waals surface area (Å²) in [5.41, 5.74) is 6.51. The fraction of sp³-hybridized carbons (Fsp3) is 0.654. The van der Waals surface area contributed by atoms with Crippen LogP contribution >= 0.6 is 0 Å². The molecule has 0 saturated carbocycles. The number of fused-ring (bicyclic) bond motifs is 1. The molecule has 1 aromatic carbocycles. The van der Waals surface area contributed by atoms with E-state index in [1.807, 2.05) is 4.90 Å². The van der Waals surface area contributed by atoms with Gasteiger partial charge in [-0.15, -0.1) is 0 Å². The van der Waals surface area contributed by atoms with E-state index in [1.54, 1.807) is 21.9 Å². The Kier molecular flexibility index (Phi) is 8.75. The van der Waals surface area contributed by atoms with Gasteiger partial charge in [-0.3, -0.25) is 19.3 Å². The number of carboxylic acid groups (broad SMARTS) is 1. The average Bonchev–Trinajstić information content (AvgIpc) is 3.60. The van der Waals surface area contributed by atoms with Crippen LogP contribution in [0.2, 0.25) is 0 Å². The molecule has 0 bridgehead atoms. The molecule has 0 radical (unpaired) electrons. The molecule has 0 spiro atoms. The monoisotopic (exact) mass is 518 g/mol. The highest BCUT2D eigenvalue weighted by Gasteiger charge is 2.49. The number of nitrogens with zero attached hydrogens (tertiary/aromatic N) is 3. The number of carbonyl (C=O) groups is 3. The summed E-state index contributed by atoms with van der Waals surface area (Å²) in [4.78, 5) is 44.0. The first-order valence-electron chi connectivity index (χ1n) is 13.1. The molecule has 11 nitrogen and oxygen atoms in total. The summed E-state index contributed by atoms with van der Waals surface area (Å²) in [6.45, 7) is 4.84. The minimum Gasteiger partial charge on any atom is -0.493 e. The molecule has 2 saturated heterocycles. The molecule has 0 aromatic heterocycles. The van der Waals surface area contributed by atoms with Crippen molar-refractivity contribution < 1.29 is 33.7 Å². The molecule has 3 aliphatic heterocycles. The summed E-state index contributed by atoms with van der Waals surface area (Å²) in [6.07, 6.45) is 3.04. The van der Waals surface area contributed by atoms with Crippen LogP contribution in [0.5, 0.6) is 17.2 Å². The maximum atomic E-state index is 13.4. The lowest BCUT2D eigenvalue weighted by Crippen LogP contribution is -2.49. The van der Waals surface area contributed by atoms with E-state index < -0.39 is 23.8 Å². The zero-order chi connectivity index (χ0) is 26.5. The van der Waals surface area contributed by atoms with Gasteiger partial charge in [-0.05, 0) is 30.5 Å². The van der Waals surface area contributed by atoms with Gasteiger partial charge in [0.2, 0.25) is 24.4 Å². The number of unbranched alkanes of at least 4 members (excludes halogenated alkanes) is 1. The summed E-state index contributed by atoms with van der Waals surface area (Å²) >= 11 is 0. The Bertz CT molecular complexity index is 1000. The van der Waals surface area contributed by atoms with E-state index in [4.69, 9.17) is 19.9 Å². The number of aliphatic carboxylic acids is 1. The highest BCUT2D eigenvalue weighted by atomic mass is 16.7. The zero-order valence-electron chi connectivity index (χ0n) is 21.7. The number of amides is 2. The topological polar surface area (TPSA) is 135 Å². The number of ether oxygens (including phenoxy) is 3. The minimum atomic E-state index is -0.960. The Morgan fingerprint density at radius 2 is 2.08 bits per heavy atom. The van der Waals surface area contributed by atoms with Crippen LogP contribution in [0.4, 0.5) is 0 Å². The van der Waals surface area contributed by atoms with Crippen LogP contribution in [0.3, 0.4) is 0 Å². The van der Waals surface area contributed by atoms with Crippen molar-refractivity contribution in [1.82, 2.24) is 14.7 Å². The summed E-state index contributed by atoms with van der Waals surface area (Å²) < 4.78 is 16.6. The van der Waals surface area contributed by atoms with Gasteiger partial charge in [0.05, 0.1) is 19.6 Å². The SMILES string of the molecule is CCCCN(CCN)C(=O)CN1C[C@H](c2cc(OC)c3c(c2)OCO3)[C@@H](C(=O)O)[C@@H]1CN1CCCC1=O. The van der Waals surface area contributed by atoms with Crippen molar-refractivity contribution in [3.05, 3.63) is 17.7 Å². The molecule has 2 amide bonds. The Balaban J connectivity index is 1.65. The molecule has 37 heavy (non-hydrogen) atoms. The van der Waals surface area contributed by atoms with Crippen LogP contribution in [0.25, 0.3) is 0 Å². The van der Waals surface area contributed by atoms with Crippen molar-refractivity contribution in [1.29, 1.82) is 0 Å². The third-order valence-corrected chi connectivity index (χ3v) is 7.59. The second-order valence-electron chi connectivity index (χ2n) is 9.89. The molecule has 4 rings (SSSR count). The number of carbonyl (C=O) groups excluding carboxylic acids is 2. The molecule has 204 valence electrons. The first-order valence-corrected chi connectivity index (χ1v) is 13.1. The van der Waals surface area contributed by atoms with E-state index in [1.165, 1.54) is 7.11 Å². The Hall–Kier alpha value is -3.05. The van der Waals surface area contributed by atoms with Crippen LogP contribution in [0.1, 0.15) is 44.1 Å². The van der Waals surface area contributed by atoms with Crippen molar-refractivity contribution in [3.8, 4) is 17.2 Å². The number of hydrogen-bond acceptors (Lipinski definition) is 8. The number of carboxylic acids is 1. The molecule has 2 fully saturated rings. The van der Waals surface area contributed by atoms with Gasteiger partial charge in [0.25, 0.3) is 0 Å². The fourth-order valence-electron chi connectivity index (χ4n) is 5.68. The lowest BCUT2D eigenvalue weighted by Gasteiger charge is -2.32. The predicted octanol–water partition coefficient (Wildman–Crippen LogP) is 1.10. The second kappa shape index (κ2) is 12.0. The lowest BCUT2D eigenvalue weighted by molar-refractivity contribution is -0.144. The summed E-state index contributed by atoms with van der Waals surface area (Å²) in [5, 5.41) is 10.4. The van der Waals surface area contributed by atoms with Crippen molar-refractivity contribution in [2.75, 3.05) is 59.7 Å². The molecular formula is C26H38N4O7. The molecule has 3 heterocycles. The van der Waals surface area contributed by atoms with Gasteiger partial charge >= 0.3 is 5.97 Å². The molecule has 0 unspecified atom stereocenters. The third kappa shape index (κ3) is 5.77. The average molecular weight is 519 g/mol. The van der Waals surface area contributed by atoms with Gasteiger partial charge in [-0.2, -0.15) is 0 Å². The number of rotatable bonds is 12. The van der Waals surface area contributed by atoms with Gasteiger partial charge in [0, 0.05) is 57.6 Å². The standard InChI is InChI=1S/C26H38N4O7/c1-3-4-8-28(10-7-27)23(32)15-30-13-18(17-11-20(35-2)25-21(12-17)36-16-37-25)24(26(33)34)19(30)14-29-9-5-6-22(29)31/h11-12,18-19,24H,3-10,13-16,27H2,1-2H3,(H,33,34)/t18-,19+,24-/m1/s1. The lowest BCUT2D eigenvalue weighted by atomic mass is 9.84. The normalized spacial score (nSPS) is 23.1. The Labute approximate surface area is 217 Å². The van der Waals surface area contributed by atoms with Crippen molar-refractivity contribution >= 4 is 17.8 Å². The van der Waals surface area contributed by atoms with Crippen LogP contribution < -0.4 is 19.9 Å². The van der Waals surface area contributed by atoms with E-state index in [9.17, 15) is 19.5 Å². The van der Waals surface area contributed by atoms with Gasteiger partial charge in [0.15, 0.2) is 11.5 Å². The molecule has 11 heteroatoms. The maximum absolute atomic E-state index is 13.4. The van der Waals surface area contributed by atoms with Gasteiger partial charge in [-0.25, -0.2) is 0 Å². The number of likely N-dealkylation sites (tertiary alicyclic amines) is 2. The van der Waals surface area contributed by atoms with E-state index in [0.29, 0.717) is 56.4 Å². The highest BCUT2D eigenvalue weighted by molar-refractivity contribution is 5.80. The summed E-state index contributed by atoms with van der Waals surface area (Å²) in [5.74, 6) is -0.800. The van der Waals surface area contributed by atoms with Crippen LogP contribution in [0.15, 0.2) is 12.1 Å². The largest absolute Gasteiger partial charge is 0.493 e. The second-order valence-corrected chi connectivity index (χ2v) is 9.89. The van der Waals surface area contributed by atoms with Gasteiger partial charge in [-0.1, -0.05) is 13.3 Å².